The minimum Gasteiger partial charge on any atom is -0.493 e. The third-order valence-electron chi connectivity index (χ3n) is 4.06. The lowest BCUT2D eigenvalue weighted by molar-refractivity contribution is -0.152. The predicted molar refractivity (Wildman–Crippen MR) is 89.9 cm³/mol. The van der Waals surface area contributed by atoms with Crippen molar-refractivity contribution in [2.24, 2.45) is 0 Å². The fourth-order valence-electron chi connectivity index (χ4n) is 2.93. The van der Waals surface area contributed by atoms with Crippen LogP contribution >= 0.6 is 0 Å². The number of halogens is 1. The summed E-state index contributed by atoms with van der Waals surface area (Å²) in [4.78, 5) is 12.4. The number of esters is 1. The number of carbonyl (C=O) groups is 1. The molecule has 2 aliphatic rings. The molecule has 2 aromatic rings. The van der Waals surface area contributed by atoms with Crippen LogP contribution in [0.4, 0.5) is 4.39 Å². The molecule has 0 aromatic heterocycles. The van der Waals surface area contributed by atoms with E-state index in [1.807, 2.05) is 25.1 Å². The smallest absolute Gasteiger partial charge is 0.342 e. The number of para-hydroxylation sites is 1. The van der Waals surface area contributed by atoms with E-state index in [2.05, 4.69) is 0 Å². The highest BCUT2D eigenvalue weighted by Crippen LogP contribution is 2.40. The predicted octanol–water partition coefficient (Wildman–Crippen LogP) is 3.93. The molecular weight excluding hydrogens is 323 g/mol. The fourth-order valence-corrected chi connectivity index (χ4v) is 2.93. The van der Waals surface area contributed by atoms with Gasteiger partial charge in [-0.05, 0) is 42.8 Å². The Balaban J connectivity index is 1.87. The maximum absolute atomic E-state index is 13.2. The van der Waals surface area contributed by atoms with Crippen LogP contribution in [0.25, 0.3) is 11.3 Å². The van der Waals surface area contributed by atoms with Crippen LogP contribution in [-0.4, -0.2) is 18.9 Å². The van der Waals surface area contributed by atoms with Crippen LogP contribution in [0.3, 0.4) is 0 Å². The largest absolute Gasteiger partial charge is 0.493 e. The van der Waals surface area contributed by atoms with E-state index in [9.17, 15) is 9.18 Å². The molecule has 0 radical (unpaired) electrons. The molecule has 0 amide bonds. The van der Waals surface area contributed by atoms with Crippen molar-refractivity contribution in [3.05, 3.63) is 77.1 Å². The molecule has 4 nitrogen and oxygen atoms in total. The van der Waals surface area contributed by atoms with Gasteiger partial charge in [0, 0.05) is 0 Å². The molecule has 126 valence electrons. The van der Waals surface area contributed by atoms with Crippen LogP contribution in [0.1, 0.15) is 18.1 Å². The lowest BCUT2D eigenvalue weighted by Crippen LogP contribution is -2.33. The van der Waals surface area contributed by atoms with Gasteiger partial charge in [0.25, 0.3) is 6.29 Å². The summed E-state index contributed by atoms with van der Waals surface area (Å²) >= 11 is 0. The van der Waals surface area contributed by atoms with Crippen molar-refractivity contribution in [1.82, 2.24) is 0 Å². The van der Waals surface area contributed by atoms with Crippen LogP contribution in [0.5, 0.6) is 5.75 Å². The zero-order valence-corrected chi connectivity index (χ0v) is 13.5. The normalized spacial score (nSPS) is 18.6. The average molecular weight is 338 g/mol. The molecular formula is C20H15FO4. The second-order valence-corrected chi connectivity index (χ2v) is 5.63. The van der Waals surface area contributed by atoms with Gasteiger partial charge in [0.05, 0.1) is 23.3 Å². The summed E-state index contributed by atoms with van der Waals surface area (Å²) in [6.07, 6.45) is 0.846. The number of ether oxygens (including phenoxy) is 3. The Morgan fingerprint density at radius 1 is 1.08 bits per heavy atom. The number of rotatable bonds is 3. The first-order chi connectivity index (χ1) is 12.2. The minimum atomic E-state index is -0.854. The van der Waals surface area contributed by atoms with Gasteiger partial charge in [-0.25, -0.2) is 9.18 Å². The van der Waals surface area contributed by atoms with Crippen molar-refractivity contribution in [2.75, 3.05) is 6.61 Å². The summed E-state index contributed by atoms with van der Waals surface area (Å²) in [6, 6.07) is 13.1. The van der Waals surface area contributed by atoms with Crippen molar-refractivity contribution in [1.29, 1.82) is 0 Å². The van der Waals surface area contributed by atoms with Gasteiger partial charge in [0.2, 0.25) is 0 Å². The van der Waals surface area contributed by atoms with E-state index in [0.717, 1.165) is 5.56 Å². The molecule has 0 spiro atoms. The molecule has 5 heteroatoms. The Morgan fingerprint density at radius 2 is 1.84 bits per heavy atom. The third-order valence-corrected chi connectivity index (χ3v) is 4.06. The molecule has 0 aliphatic carbocycles. The summed E-state index contributed by atoms with van der Waals surface area (Å²) < 4.78 is 30.2. The standard InChI is InChI=1S/C20H15FO4/c1-2-23-18-14-5-3-4-6-17(14)24-20-16(18)11-15(19(22)25-20)12-7-9-13(21)10-8-12/h3-11,20H,2H2,1H3. The Bertz CT molecular complexity index is 896. The molecule has 2 heterocycles. The molecule has 0 saturated heterocycles. The van der Waals surface area contributed by atoms with Gasteiger partial charge in [-0.3, -0.25) is 0 Å². The second-order valence-electron chi connectivity index (χ2n) is 5.63. The van der Waals surface area contributed by atoms with Crippen molar-refractivity contribution in [3.8, 4) is 5.75 Å². The van der Waals surface area contributed by atoms with Crippen LogP contribution < -0.4 is 4.74 Å². The Hall–Kier alpha value is -3.08. The number of hydrogen-bond acceptors (Lipinski definition) is 4. The first kappa shape index (κ1) is 15.4. The third kappa shape index (κ3) is 2.67. The summed E-state index contributed by atoms with van der Waals surface area (Å²) in [7, 11) is 0. The molecule has 0 N–H and O–H groups in total. The molecule has 4 rings (SSSR count). The molecule has 0 saturated carbocycles. The van der Waals surface area contributed by atoms with E-state index < -0.39 is 12.3 Å². The number of fused-ring (bicyclic) bond motifs is 2. The molecule has 2 aromatic carbocycles. The van der Waals surface area contributed by atoms with Gasteiger partial charge in [-0.2, -0.15) is 0 Å². The van der Waals surface area contributed by atoms with Crippen LogP contribution in [0, 0.1) is 5.82 Å². The van der Waals surface area contributed by atoms with Gasteiger partial charge in [-0.15, -0.1) is 0 Å². The summed E-state index contributed by atoms with van der Waals surface area (Å²) in [5.41, 5.74) is 2.36. The second kappa shape index (κ2) is 6.09. The lowest BCUT2D eigenvalue weighted by atomic mass is 9.96. The highest BCUT2D eigenvalue weighted by Gasteiger charge is 2.36. The first-order valence-electron chi connectivity index (χ1n) is 7.99. The molecule has 2 aliphatic heterocycles. The quantitative estimate of drug-likeness (QED) is 0.796. The number of benzene rings is 2. The van der Waals surface area contributed by atoms with E-state index in [1.165, 1.54) is 12.1 Å². The van der Waals surface area contributed by atoms with Crippen LogP contribution in [0.2, 0.25) is 0 Å². The maximum Gasteiger partial charge on any atom is 0.342 e. The van der Waals surface area contributed by atoms with Gasteiger partial charge in [0.1, 0.15) is 17.3 Å². The van der Waals surface area contributed by atoms with E-state index in [0.29, 0.717) is 34.8 Å². The van der Waals surface area contributed by atoms with Crippen molar-refractivity contribution < 1.29 is 23.4 Å². The van der Waals surface area contributed by atoms with Crippen molar-refractivity contribution in [2.45, 2.75) is 13.2 Å². The molecule has 1 atom stereocenters. The van der Waals surface area contributed by atoms with E-state index in [-0.39, 0.29) is 5.82 Å². The number of carbonyl (C=O) groups excluding carboxylic acids is 1. The fraction of sp³-hybridized carbons (Fsp3) is 0.150. The number of hydrogen-bond donors (Lipinski definition) is 0. The van der Waals surface area contributed by atoms with Gasteiger partial charge in [0.15, 0.2) is 0 Å². The van der Waals surface area contributed by atoms with E-state index in [1.54, 1.807) is 24.3 Å². The topological polar surface area (TPSA) is 44.8 Å². The maximum atomic E-state index is 13.2. The minimum absolute atomic E-state index is 0.339. The Kier molecular flexibility index (Phi) is 3.76. The average Bonchev–Trinajstić information content (AvgIpc) is 2.62. The van der Waals surface area contributed by atoms with E-state index >= 15 is 0 Å². The molecule has 0 fully saturated rings. The van der Waals surface area contributed by atoms with Crippen LogP contribution in [0.15, 0.2) is 60.2 Å². The molecule has 25 heavy (non-hydrogen) atoms. The van der Waals surface area contributed by atoms with Crippen molar-refractivity contribution in [3.63, 3.8) is 0 Å². The Morgan fingerprint density at radius 3 is 2.60 bits per heavy atom. The van der Waals surface area contributed by atoms with Gasteiger partial charge < -0.3 is 14.2 Å². The molecule has 0 bridgehead atoms. The SMILES string of the molecule is CCOC1=C2C=C(c3ccc(F)cc3)C(=O)OC2Oc2ccccc21. The van der Waals surface area contributed by atoms with Gasteiger partial charge >= 0.3 is 5.97 Å². The van der Waals surface area contributed by atoms with Crippen molar-refractivity contribution >= 4 is 17.3 Å². The summed E-state index contributed by atoms with van der Waals surface area (Å²) in [5, 5.41) is 0. The zero-order valence-electron chi connectivity index (χ0n) is 13.5. The lowest BCUT2D eigenvalue weighted by Gasteiger charge is -2.32. The summed E-state index contributed by atoms with van der Waals surface area (Å²) in [5.74, 6) is 0.346. The zero-order chi connectivity index (χ0) is 17.4. The van der Waals surface area contributed by atoms with Gasteiger partial charge in [-0.1, -0.05) is 24.3 Å². The van der Waals surface area contributed by atoms with E-state index in [4.69, 9.17) is 14.2 Å². The van der Waals surface area contributed by atoms with Crippen LogP contribution in [-0.2, 0) is 14.3 Å². The highest BCUT2D eigenvalue weighted by molar-refractivity contribution is 6.18. The monoisotopic (exact) mass is 338 g/mol. The summed E-state index contributed by atoms with van der Waals surface area (Å²) in [6.45, 7) is 2.35. The Labute approximate surface area is 144 Å². The molecule has 1 unspecified atom stereocenters. The highest BCUT2D eigenvalue weighted by atomic mass is 19.1. The first-order valence-corrected chi connectivity index (χ1v) is 7.99.